The molecule has 4 heterocycles. The second-order valence-electron chi connectivity index (χ2n) is 15.2. The first-order valence-corrected chi connectivity index (χ1v) is 19.4. The van der Waals surface area contributed by atoms with Crippen molar-refractivity contribution in [2.24, 2.45) is 0 Å². The minimum absolute atomic E-state index is 0.0912. The number of ether oxygens (including phenoxy) is 1. The molecule has 0 bridgehead atoms. The molecule has 14 nitrogen and oxygen atoms in total. The number of nitrogens with zero attached hydrogens (tertiary/aromatic N) is 6. The SMILES string of the molecule is C[C@@H]1CN(CCO[C@H]2CC[C@H](N3C(=S)N(c4cnc(C#N)c(Cl)c4)C(=O)C3(C)C)CC2)C[C@H](C)N1CC(=O)Nc1cccc(NC2CCC(=O)NC2=O)c1. The number of thiocarbonyl (C=S) groups is 1. The molecule has 4 amide bonds. The molecule has 4 fully saturated rings. The fourth-order valence-electron chi connectivity index (χ4n) is 8.15. The lowest BCUT2D eigenvalue weighted by Gasteiger charge is -2.44. The standard InChI is InChI=1S/C38H48ClN9O5S/c1-23-20-45(21-24(2)46(23)22-34(50)43-26-7-5-6-25(16-26)42-31-12-13-33(49)44-35(31)51)14-15-53-29-10-8-27(9-11-29)48-37(54)47(36(52)38(48,3)4)28-17-30(39)32(18-40)41-19-28/h5-7,16-17,19,23-24,27,29,31,42H,8-15,20-22H2,1-4H3,(H,43,50)(H,44,49,51)/t23-,24+,27-,29-,31?. The van der Waals surface area contributed by atoms with Crippen LogP contribution in [0.2, 0.25) is 5.02 Å². The smallest absolute Gasteiger partial charge is 0.258 e. The maximum atomic E-state index is 13.6. The summed E-state index contributed by atoms with van der Waals surface area (Å²) in [4.78, 5) is 62.6. The molecule has 3 aliphatic heterocycles. The van der Waals surface area contributed by atoms with Crippen molar-refractivity contribution in [2.45, 2.75) is 102 Å². The molecule has 2 aromatic rings. The van der Waals surface area contributed by atoms with Gasteiger partial charge in [0.2, 0.25) is 17.7 Å². The molecule has 3 N–H and O–H groups in total. The van der Waals surface area contributed by atoms with Gasteiger partial charge in [-0.1, -0.05) is 17.7 Å². The van der Waals surface area contributed by atoms with E-state index in [1.54, 1.807) is 12.1 Å². The number of piperidine rings is 1. The molecule has 0 spiro atoms. The highest BCUT2D eigenvalue weighted by Gasteiger charge is 2.52. The monoisotopic (exact) mass is 777 g/mol. The first-order valence-electron chi connectivity index (χ1n) is 18.6. The van der Waals surface area contributed by atoms with Crippen LogP contribution in [0.3, 0.4) is 0 Å². The van der Waals surface area contributed by atoms with Gasteiger partial charge in [0, 0.05) is 55.6 Å². The number of nitriles is 1. The van der Waals surface area contributed by atoms with Gasteiger partial charge in [0.1, 0.15) is 17.6 Å². The molecule has 16 heteroatoms. The second kappa shape index (κ2) is 16.7. The molecular formula is C38H48ClN9O5S. The summed E-state index contributed by atoms with van der Waals surface area (Å²) in [6, 6.07) is 10.7. The number of piperazine rings is 1. The zero-order valence-corrected chi connectivity index (χ0v) is 32.7. The van der Waals surface area contributed by atoms with Gasteiger partial charge in [0.05, 0.1) is 36.2 Å². The topological polar surface area (TPSA) is 163 Å². The summed E-state index contributed by atoms with van der Waals surface area (Å²) in [5.41, 5.74) is 1.05. The molecule has 1 aromatic heterocycles. The Kier molecular flexibility index (Phi) is 12.2. The van der Waals surface area contributed by atoms with Crippen LogP contribution in [0.25, 0.3) is 0 Å². The number of amides is 4. The van der Waals surface area contributed by atoms with E-state index in [1.807, 2.05) is 43.0 Å². The number of benzene rings is 1. The van der Waals surface area contributed by atoms with Crippen LogP contribution >= 0.6 is 23.8 Å². The van der Waals surface area contributed by atoms with Crippen molar-refractivity contribution in [3.05, 3.63) is 47.2 Å². The van der Waals surface area contributed by atoms with Crippen LogP contribution < -0.4 is 20.9 Å². The maximum Gasteiger partial charge on any atom is 0.258 e. The number of pyridine rings is 1. The van der Waals surface area contributed by atoms with Gasteiger partial charge in [-0.15, -0.1) is 0 Å². The summed E-state index contributed by atoms with van der Waals surface area (Å²) in [6.07, 6.45) is 5.72. The summed E-state index contributed by atoms with van der Waals surface area (Å²) < 4.78 is 6.38. The molecule has 3 atom stereocenters. The second-order valence-corrected chi connectivity index (χ2v) is 16.0. The summed E-state index contributed by atoms with van der Waals surface area (Å²) in [5.74, 6) is -0.862. The Balaban J connectivity index is 0.927. The maximum absolute atomic E-state index is 13.6. The average molecular weight is 778 g/mol. The van der Waals surface area contributed by atoms with Gasteiger partial charge in [-0.05, 0) is 96.3 Å². The molecule has 54 heavy (non-hydrogen) atoms. The van der Waals surface area contributed by atoms with Gasteiger partial charge in [0.15, 0.2) is 10.8 Å². The normalized spacial score (nSPS) is 26.4. The molecule has 6 rings (SSSR count). The van der Waals surface area contributed by atoms with Crippen molar-refractivity contribution in [1.29, 1.82) is 5.26 Å². The van der Waals surface area contributed by atoms with Crippen LogP contribution in [0.15, 0.2) is 36.5 Å². The van der Waals surface area contributed by atoms with Crippen LogP contribution in [-0.4, -0.2) is 117 Å². The van der Waals surface area contributed by atoms with E-state index in [0.717, 1.165) is 45.3 Å². The van der Waals surface area contributed by atoms with Crippen molar-refractivity contribution >= 4 is 69.6 Å². The largest absolute Gasteiger partial charge is 0.377 e. The Labute approximate surface area is 326 Å². The predicted molar refractivity (Wildman–Crippen MR) is 209 cm³/mol. The highest BCUT2D eigenvalue weighted by atomic mass is 35.5. The molecule has 288 valence electrons. The van der Waals surface area contributed by atoms with Crippen LogP contribution in [0.1, 0.15) is 71.9 Å². The number of imide groups is 1. The van der Waals surface area contributed by atoms with E-state index in [9.17, 15) is 24.4 Å². The minimum atomic E-state index is -0.839. The Hall–Kier alpha value is -4.20. The summed E-state index contributed by atoms with van der Waals surface area (Å²) >= 11 is 12.1. The molecule has 3 saturated heterocycles. The minimum Gasteiger partial charge on any atom is -0.377 e. The first kappa shape index (κ1) is 39.5. The summed E-state index contributed by atoms with van der Waals surface area (Å²) in [6.45, 7) is 11.4. The fourth-order valence-corrected chi connectivity index (χ4v) is 8.92. The van der Waals surface area contributed by atoms with Gasteiger partial charge in [-0.2, -0.15) is 5.26 Å². The van der Waals surface area contributed by atoms with E-state index < -0.39 is 11.6 Å². The van der Waals surface area contributed by atoms with E-state index in [4.69, 9.17) is 28.6 Å². The molecule has 4 aliphatic rings. The molecule has 1 aromatic carbocycles. The fraction of sp³-hybridized carbons (Fsp3) is 0.553. The van der Waals surface area contributed by atoms with Gasteiger partial charge in [-0.25, -0.2) is 4.98 Å². The lowest BCUT2D eigenvalue weighted by Crippen LogP contribution is -2.58. The average Bonchev–Trinajstić information content (AvgIpc) is 3.30. The van der Waals surface area contributed by atoms with Gasteiger partial charge >= 0.3 is 0 Å². The third-order valence-electron chi connectivity index (χ3n) is 10.9. The molecular weight excluding hydrogens is 730 g/mol. The van der Waals surface area contributed by atoms with E-state index in [1.165, 1.54) is 11.1 Å². The zero-order chi connectivity index (χ0) is 38.7. The van der Waals surface area contributed by atoms with Crippen LogP contribution in [0, 0.1) is 11.3 Å². The van der Waals surface area contributed by atoms with Crippen LogP contribution in [-0.2, 0) is 23.9 Å². The Bertz CT molecular complexity index is 1820. The zero-order valence-electron chi connectivity index (χ0n) is 31.1. The van der Waals surface area contributed by atoms with E-state index in [-0.39, 0.29) is 71.5 Å². The van der Waals surface area contributed by atoms with Crippen molar-refractivity contribution in [2.75, 3.05) is 48.3 Å². The highest BCUT2D eigenvalue weighted by Crippen LogP contribution is 2.38. The number of hydrogen-bond donors (Lipinski definition) is 3. The first-order chi connectivity index (χ1) is 25.7. The third kappa shape index (κ3) is 8.68. The Morgan fingerprint density at radius 3 is 2.46 bits per heavy atom. The summed E-state index contributed by atoms with van der Waals surface area (Å²) in [5, 5.41) is 18.3. The molecule has 1 saturated carbocycles. The molecule has 0 radical (unpaired) electrons. The van der Waals surface area contributed by atoms with Crippen molar-refractivity contribution in [3.8, 4) is 6.07 Å². The van der Waals surface area contributed by atoms with E-state index in [2.05, 4.69) is 44.6 Å². The van der Waals surface area contributed by atoms with E-state index >= 15 is 0 Å². The van der Waals surface area contributed by atoms with Crippen molar-refractivity contribution in [1.82, 2.24) is 25.0 Å². The van der Waals surface area contributed by atoms with Gasteiger partial charge in [-0.3, -0.25) is 39.2 Å². The lowest BCUT2D eigenvalue weighted by atomic mass is 9.89. The van der Waals surface area contributed by atoms with Gasteiger partial charge < -0.3 is 20.3 Å². The van der Waals surface area contributed by atoms with Crippen molar-refractivity contribution < 1.29 is 23.9 Å². The van der Waals surface area contributed by atoms with Crippen LogP contribution in [0.4, 0.5) is 17.1 Å². The van der Waals surface area contributed by atoms with Crippen LogP contribution in [0.5, 0.6) is 0 Å². The van der Waals surface area contributed by atoms with Crippen molar-refractivity contribution in [3.63, 3.8) is 0 Å². The molecule has 1 aliphatic carbocycles. The number of rotatable bonds is 11. The number of aromatic nitrogens is 1. The molecule has 1 unspecified atom stereocenters. The third-order valence-corrected chi connectivity index (χ3v) is 11.6. The Morgan fingerprint density at radius 1 is 1.09 bits per heavy atom. The lowest BCUT2D eigenvalue weighted by molar-refractivity contribution is -0.133. The highest BCUT2D eigenvalue weighted by molar-refractivity contribution is 7.80. The van der Waals surface area contributed by atoms with Gasteiger partial charge in [0.25, 0.3) is 5.91 Å². The number of anilines is 3. The van der Waals surface area contributed by atoms with E-state index in [0.29, 0.717) is 35.2 Å². The number of hydrogen-bond acceptors (Lipinski definition) is 11. The Morgan fingerprint density at radius 2 is 1.80 bits per heavy atom. The number of carbonyl (C=O) groups excluding carboxylic acids is 4. The number of halogens is 1. The number of nitrogens with one attached hydrogen (secondary N) is 3. The quantitative estimate of drug-likeness (QED) is 0.223. The predicted octanol–water partition coefficient (Wildman–Crippen LogP) is 3.90. The number of carbonyl (C=O) groups is 4. The summed E-state index contributed by atoms with van der Waals surface area (Å²) in [7, 11) is 0.